The minimum absolute atomic E-state index is 0.217. The maximum absolute atomic E-state index is 11.9. The van der Waals surface area contributed by atoms with Crippen LogP contribution >= 0.6 is 0 Å². The molecule has 0 unspecified atom stereocenters. The van der Waals surface area contributed by atoms with Crippen LogP contribution in [0.25, 0.3) is 0 Å². The second-order valence-electron chi connectivity index (χ2n) is 2.65. The van der Waals surface area contributed by atoms with Gasteiger partial charge in [0, 0.05) is 0 Å². The Balaban J connectivity index is 3.04. The fraction of sp³-hybridized carbons (Fsp3) is 0.200. The highest BCUT2D eigenvalue weighted by molar-refractivity contribution is 5.41. The average molecular weight is 201 g/mol. The largest absolute Gasteiger partial charge is 0.573 e. The molecule has 0 heterocycles. The maximum atomic E-state index is 11.9. The number of hydrogen-bond acceptors (Lipinski definition) is 1. The zero-order chi connectivity index (χ0) is 10.8. The van der Waals surface area contributed by atoms with Crippen molar-refractivity contribution in [1.29, 1.82) is 0 Å². The highest BCUT2D eigenvalue weighted by atomic mass is 19.4. The summed E-state index contributed by atoms with van der Waals surface area (Å²) in [6.45, 7) is 4.89. The lowest BCUT2D eigenvalue weighted by atomic mass is 10.1. The molecule has 0 aliphatic carbocycles. The molecule has 1 nitrogen and oxygen atoms in total. The molecule has 0 amide bonds. The summed E-state index contributed by atoms with van der Waals surface area (Å²) in [5.74, 6) is -0.217. The van der Waals surface area contributed by atoms with Crippen LogP contribution in [0.4, 0.5) is 13.2 Å². The van der Waals surface area contributed by atoms with E-state index in [0.29, 0.717) is 11.1 Å². The smallest absolute Gasteiger partial charge is 0.405 e. The Hall–Kier alpha value is -1.45. The molecule has 0 aliphatic rings. The zero-order valence-electron chi connectivity index (χ0n) is 7.48. The van der Waals surface area contributed by atoms with Gasteiger partial charge in [-0.05, 0) is 30.2 Å². The lowest BCUT2D eigenvalue weighted by Crippen LogP contribution is -2.17. The molecule has 1 aromatic carbocycles. The van der Waals surface area contributed by atoms with E-state index in [1.807, 2.05) is 0 Å². The van der Waals surface area contributed by atoms with E-state index >= 15 is 0 Å². The van der Waals surface area contributed by atoms with Crippen LogP contribution in [0.5, 0.6) is 5.75 Å². The minimum atomic E-state index is -4.66. The predicted octanol–water partition coefficient (Wildman–Crippen LogP) is 3.23. The summed E-state index contributed by atoms with van der Waals surface area (Å²) in [5.41, 5.74) is 0.881. The molecule has 14 heavy (non-hydrogen) atoms. The summed E-state index contributed by atoms with van der Waals surface area (Å²) < 4.78 is 39.5. The molecule has 0 saturated carbocycles. The Morgan fingerprint density at radius 1 is 1.36 bits per heavy atom. The van der Waals surface area contributed by atoms with Gasteiger partial charge in [0.05, 0.1) is 0 Å². The molecule has 4 heteroatoms. The van der Waals surface area contributed by atoms with E-state index in [1.165, 1.54) is 19.1 Å². The number of rotatable bonds is 2. The Morgan fingerprint density at radius 2 is 2.00 bits per heavy atom. The molecule has 0 bridgehead atoms. The van der Waals surface area contributed by atoms with Crippen molar-refractivity contribution in [2.24, 2.45) is 0 Å². The van der Waals surface area contributed by atoms with Crippen molar-refractivity contribution in [3.63, 3.8) is 0 Å². The third-order valence-electron chi connectivity index (χ3n) is 1.70. The first-order valence-electron chi connectivity index (χ1n) is 3.82. The van der Waals surface area contributed by atoms with Crippen molar-refractivity contribution < 1.29 is 17.9 Å². The Bertz CT molecular complexity index is 342. The quantitative estimate of drug-likeness (QED) is 0.713. The number of halogens is 3. The SMILES string of the molecule is C=[C]c1cccc(OC(F)(F)F)c1C. The van der Waals surface area contributed by atoms with Crippen LogP contribution in [0, 0.1) is 13.0 Å². The fourth-order valence-electron chi connectivity index (χ4n) is 1.04. The van der Waals surface area contributed by atoms with Gasteiger partial charge in [0.2, 0.25) is 0 Å². The summed E-state index contributed by atoms with van der Waals surface area (Å²) in [4.78, 5) is 0. The third kappa shape index (κ3) is 2.52. The second kappa shape index (κ2) is 3.74. The monoisotopic (exact) mass is 201 g/mol. The van der Waals surface area contributed by atoms with E-state index in [2.05, 4.69) is 17.4 Å². The van der Waals surface area contributed by atoms with Crippen LogP contribution in [0.15, 0.2) is 24.8 Å². The van der Waals surface area contributed by atoms with Crippen LogP contribution in [-0.4, -0.2) is 6.36 Å². The Kier molecular flexibility index (Phi) is 2.84. The normalized spacial score (nSPS) is 11.1. The molecule has 0 spiro atoms. The van der Waals surface area contributed by atoms with Crippen LogP contribution in [0.1, 0.15) is 11.1 Å². The number of ether oxygens (including phenoxy) is 1. The Morgan fingerprint density at radius 3 is 2.50 bits per heavy atom. The Labute approximate surface area is 79.8 Å². The lowest BCUT2D eigenvalue weighted by Gasteiger charge is -2.12. The van der Waals surface area contributed by atoms with Crippen molar-refractivity contribution in [3.05, 3.63) is 42.0 Å². The molecular formula is C10H8F3O. The highest BCUT2D eigenvalue weighted by Crippen LogP contribution is 2.27. The highest BCUT2D eigenvalue weighted by Gasteiger charge is 2.31. The van der Waals surface area contributed by atoms with E-state index < -0.39 is 6.36 Å². The molecule has 75 valence electrons. The van der Waals surface area contributed by atoms with Gasteiger partial charge in [0.25, 0.3) is 0 Å². The van der Waals surface area contributed by atoms with Gasteiger partial charge in [-0.3, -0.25) is 0 Å². The van der Waals surface area contributed by atoms with Crippen molar-refractivity contribution in [2.75, 3.05) is 0 Å². The number of hydrogen-bond donors (Lipinski definition) is 0. The van der Waals surface area contributed by atoms with Crippen molar-refractivity contribution in [1.82, 2.24) is 0 Å². The van der Waals surface area contributed by atoms with Crippen LogP contribution in [-0.2, 0) is 0 Å². The van der Waals surface area contributed by atoms with Gasteiger partial charge < -0.3 is 4.74 Å². The summed E-state index contributed by atoms with van der Waals surface area (Å²) >= 11 is 0. The molecule has 0 aliphatic heterocycles. The molecule has 0 N–H and O–H groups in total. The van der Waals surface area contributed by atoms with Gasteiger partial charge in [-0.1, -0.05) is 18.7 Å². The molecule has 0 fully saturated rings. The van der Waals surface area contributed by atoms with E-state index in [9.17, 15) is 13.2 Å². The van der Waals surface area contributed by atoms with Crippen molar-refractivity contribution >= 4 is 0 Å². The number of alkyl halides is 3. The van der Waals surface area contributed by atoms with Gasteiger partial charge >= 0.3 is 6.36 Å². The van der Waals surface area contributed by atoms with E-state index in [4.69, 9.17) is 0 Å². The standard InChI is InChI=1S/C10H8F3O/c1-3-8-5-4-6-9(7(8)2)14-10(11,12)13/h4-6H,1H2,2H3. The van der Waals surface area contributed by atoms with Crippen LogP contribution in [0.3, 0.4) is 0 Å². The molecule has 1 rings (SSSR count). The molecule has 0 atom stereocenters. The van der Waals surface area contributed by atoms with Gasteiger partial charge in [-0.15, -0.1) is 13.2 Å². The van der Waals surface area contributed by atoms with Crippen molar-refractivity contribution in [3.8, 4) is 5.75 Å². The minimum Gasteiger partial charge on any atom is -0.405 e. The topological polar surface area (TPSA) is 9.23 Å². The van der Waals surface area contributed by atoms with Crippen LogP contribution in [0.2, 0.25) is 0 Å². The van der Waals surface area contributed by atoms with E-state index in [-0.39, 0.29) is 5.75 Å². The predicted molar refractivity (Wildman–Crippen MR) is 45.8 cm³/mol. The summed E-state index contributed by atoms with van der Waals surface area (Å²) in [7, 11) is 0. The molecule has 1 aromatic rings. The van der Waals surface area contributed by atoms with E-state index in [1.54, 1.807) is 6.07 Å². The van der Waals surface area contributed by atoms with Gasteiger partial charge in [-0.2, -0.15) is 0 Å². The van der Waals surface area contributed by atoms with Crippen molar-refractivity contribution in [2.45, 2.75) is 13.3 Å². The first kappa shape index (κ1) is 10.6. The first-order valence-corrected chi connectivity index (χ1v) is 3.82. The van der Waals surface area contributed by atoms with E-state index in [0.717, 1.165) is 0 Å². The van der Waals surface area contributed by atoms with Gasteiger partial charge in [-0.25, -0.2) is 0 Å². The molecule has 0 aromatic heterocycles. The van der Waals surface area contributed by atoms with Crippen LogP contribution < -0.4 is 4.74 Å². The van der Waals surface area contributed by atoms with Gasteiger partial charge in [0.1, 0.15) is 5.75 Å². The second-order valence-corrected chi connectivity index (χ2v) is 2.65. The zero-order valence-corrected chi connectivity index (χ0v) is 7.48. The number of benzene rings is 1. The summed E-state index contributed by atoms with van der Waals surface area (Å²) in [5, 5.41) is 0. The third-order valence-corrected chi connectivity index (χ3v) is 1.70. The lowest BCUT2D eigenvalue weighted by molar-refractivity contribution is -0.274. The van der Waals surface area contributed by atoms with Gasteiger partial charge in [0.15, 0.2) is 0 Å². The molecular weight excluding hydrogens is 193 g/mol. The molecule has 1 radical (unpaired) electrons. The first-order chi connectivity index (χ1) is 6.44. The summed E-state index contributed by atoms with van der Waals surface area (Å²) in [6, 6.07) is 4.33. The molecule has 0 saturated heterocycles. The summed E-state index contributed by atoms with van der Waals surface area (Å²) in [6.07, 6.45) is -2.14. The average Bonchev–Trinajstić information content (AvgIpc) is 2.06. The fourth-order valence-corrected chi connectivity index (χ4v) is 1.04. The maximum Gasteiger partial charge on any atom is 0.573 e.